The van der Waals surface area contributed by atoms with E-state index < -0.39 is 0 Å². The Balaban J connectivity index is 2.05. The first-order valence-corrected chi connectivity index (χ1v) is 8.09. The predicted octanol–water partition coefficient (Wildman–Crippen LogP) is 4.42. The van der Waals surface area contributed by atoms with E-state index >= 15 is 0 Å². The summed E-state index contributed by atoms with van der Waals surface area (Å²) < 4.78 is 1.08. The average molecular weight is 362 g/mol. The number of hydrogen-bond donors (Lipinski definition) is 2. The summed E-state index contributed by atoms with van der Waals surface area (Å²) in [5.74, 6) is -0.139. The number of aryl methyl sites for hydroxylation is 1. The molecule has 0 spiro atoms. The minimum Gasteiger partial charge on any atom is -0.354 e. The smallest absolute Gasteiger partial charge is 0.270 e. The molecule has 0 saturated heterocycles. The van der Waals surface area contributed by atoms with Crippen LogP contribution in [-0.2, 0) is 0 Å². The first kappa shape index (κ1) is 16.5. The van der Waals surface area contributed by atoms with Crippen molar-refractivity contribution in [2.45, 2.75) is 33.2 Å². The minimum absolute atomic E-state index is 0.139. The van der Waals surface area contributed by atoms with E-state index in [0.717, 1.165) is 27.8 Å². The second kappa shape index (κ2) is 7.40. The van der Waals surface area contributed by atoms with Crippen molar-refractivity contribution in [3.63, 3.8) is 0 Å². The van der Waals surface area contributed by atoms with Crippen LogP contribution in [0, 0.1) is 6.92 Å². The molecule has 116 valence electrons. The number of carbonyl (C=O) groups is 1. The Bertz CT molecular complexity index is 655. The molecule has 1 amide bonds. The molecule has 22 heavy (non-hydrogen) atoms. The molecule has 1 heterocycles. The number of benzene rings is 1. The van der Waals surface area contributed by atoms with Gasteiger partial charge in [-0.3, -0.25) is 4.79 Å². The van der Waals surface area contributed by atoms with Gasteiger partial charge in [0, 0.05) is 16.2 Å². The third-order valence-electron chi connectivity index (χ3n) is 3.43. The van der Waals surface area contributed by atoms with Gasteiger partial charge in [0.25, 0.3) is 5.91 Å². The Morgan fingerprint density at radius 2 is 2.00 bits per heavy atom. The summed E-state index contributed by atoms with van der Waals surface area (Å²) in [5, 5.41) is 6.18. The van der Waals surface area contributed by atoms with E-state index in [-0.39, 0.29) is 11.9 Å². The molecule has 0 aliphatic rings. The van der Waals surface area contributed by atoms with Gasteiger partial charge in [0.2, 0.25) is 0 Å². The van der Waals surface area contributed by atoms with Crippen molar-refractivity contribution in [1.82, 2.24) is 10.3 Å². The van der Waals surface area contributed by atoms with Crippen LogP contribution in [0.2, 0.25) is 0 Å². The van der Waals surface area contributed by atoms with Crippen molar-refractivity contribution in [3.8, 4) is 0 Å². The van der Waals surface area contributed by atoms with Crippen LogP contribution in [0.3, 0.4) is 0 Å². The summed E-state index contributed by atoms with van der Waals surface area (Å²) >= 11 is 3.48. The molecule has 2 rings (SSSR count). The molecule has 1 aromatic carbocycles. The Kier molecular flexibility index (Phi) is 5.55. The fourth-order valence-corrected chi connectivity index (χ4v) is 2.14. The molecule has 5 heteroatoms. The Morgan fingerprint density at radius 3 is 2.59 bits per heavy atom. The quantitative estimate of drug-likeness (QED) is 0.828. The van der Waals surface area contributed by atoms with Gasteiger partial charge in [0.15, 0.2) is 0 Å². The van der Waals surface area contributed by atoms with Crippen molar-refractivity contribution < 1.29 is 4.79 Å². The Labute approximate surface area is 139 Å². The number of nitrogens with zero attached hydrogens (tertiary/aromatic N) is 1. The second-order valence-electron chi connectivity index (χ2n) is 5.30. The van der Waals surface area contributed by atoms with Crippen LogP contribution in [0.25, 0.3) is 0 Å². The van der Waals surface area contributed by atoms with E-state index in [0.29, 0.717) is 5.69 Å². The molecule has 0 bridgehead atoms. The fraction of sp³-hybridized carbons (Fsp3) is 0.294. The molecule has 0 saturated carbocycles. The van der Waals surface area contributed by atoms with Gasteiger partial charge < -0.3 is 10.6 Å². The number of aromatic nitrogens is 1. The SMILES string of the molecule is CCC(C)NC(=O)c1ccc(Nc2ccc(Br)c(C)c2)cn1. The summed E-state index contributed by atoms with van der Waals surface area (Å²) in [7, 11) is 0. The molecule has 0 fully saturated rings. The van der Waals surface area contributed by atoms with E-state index in [9.17, 15) is 4.79 Å². The van der Waals surface area contributed by atoms with Crippen LogP contribution in [0.4, 0.5) is 11.4 Å². The average Bonchev–Trinajstić information content (AvgIpc) is 2.51. The normalized spacial score (nSPS) is 11.8. The topological polar surface area (TPSA) is 54.0 Å². The molecule has 2 aromatic rings. The van der Waals surface area contributed by atoms with Gasteiger partial charge in [-0.05, 0) is 56.2 Å². The lowest BCUT2D eigenvalue weighted by Gasteiger charge is -2.11. The standard InChI is InChI=1S/C17H20BrN3O/c1-4-12(3)20-17(22)16-8-6-14(10-19-16)21-13-5-7-15(18)11(2)9-13/h5-10,12,21H,4H2,1-3H3,(H,20,22). The van der Waals surface area contributed by atoms with E-state index in [1.807, 2.05) is 45.0 Å². The molecule has 4 nitrogen and oxygen atoms in total. The molecule has 2 N–H and O–H groups in total. The van der Waals surface area contributed by atoms with Gasteiger partial charge in [0.05, 0.1) is 11.9 Å². The van der Waals surface area contributed by atoms with Crippen molar-refractivity contribution in [1.29, 1.82) is 0 Å². The van der Waals surface area contributed by atoms with Gasteiger partial charge in [-0.25, -0.2) is 4.98 Å². The first-order chi connectivity index (χ1) is 10.5. The molecular formula is C17H20BrN3O. The van der Waals surface area contributed by atoms with Crippen molar-refractivity contribution >= 4 is 33.2 Å². The molecular weight excluding hydrogens is 342 g/mol. The number of halogens is 1. The molecule has 0 radical (unpaired) electrons. The summed E-state index contributed by atoms with van der Waals surface area (Å²) in [4.78, 5) is 16.2. The number of carbonyl (C=O) groups excluding carboxylic acids is 1. The largest absolute Gasteiger partial charge is 0.354 e. The minimum atomic E-state index is -0.139. The summed E-state index contributed by atoms with van der Waals surface area (Å²) in [6.07, 6.45) is 2.57. The highest BCUT2D eigenvalue weighted by Gasteiger charge is 2.09. The zero-order valence-electron chi connectivity index (χ0n) is 13.0. The third-order valence-corrected chi connectivity index (χ3v) is 4.32. The second-order valence-corrected chi connectivity index (χ2v) is 6.16. The Morgan fingerprint density at radius 1 is 1.27 bits per heavy atom. The molecule has 0 aliphatic heterocycles. The Hall–Kier alpha value is -1.88. The van der Waals surface area contributed by atoms with Crippen molar-refractivity contribution in [3.05, 3.63) is 52.3 Å². The summed E-state index contributed by atoms with van der Waals surface area (Å²) in [6, 6.07) is 9.77. The molecule has 0 aliphatic carbocycles. The van der Waals surface area contributed by atoms with Crippen LogP contribution in [-0.4, -0.2) is 16.9 Å². The van der Waals surface area contributed by atoms with Crippen LogP contribution in [0.15, 0.2) is 41.0 Å². The van der Waals surface area contributed by atoms with E-state index in [1.54, 1.807) is 12.3 Å². The maximum atomic E-state index is 12.0. The van der Waals surface area contributed by atoms with Crippen molar-refractivity contribution in [2.75, 3.05) is 5.32 Å². The first-order valence-electron chi connectivity index (χ1n) is 7.29. The third kappa shape index (κ3) is 4.31. The number of anilines is 2. The number of amides is 1. The highest BCUT2D eigenvalue weighted by Crippen LogP contribution is 2.22. The van der Waals surface area contributed by atoms with Crippen LogP contribution in [0.1, 0.15) is 36.3 Å². The van der Waals surface area contributed by atoms with Gasteiger partial charge in [-0.2, -0.15) is 0 Å². The van der Waals surface area contributed by atoms with Gasteiger partial charge in [-0.15, -0.1) is 0 Å². The van der Waals surface area contributed by atoms with Gasteiger partial charge in [0.1, 0.15) is 5.69 Å². The lowest BCUT2D eigenvalue weighted by molar-refractivity contribution is 0.0934. The van der Waals surface area contributed by atoms with E-state index in [2.05, 4.69) is 31.5 Å². The van der Waals surface area contributed by atoms with Gasteiger partial charge >= 0.3 is 0 Å². The van der Waals surface area contributed by atoms with Crippen LogP contribution in [0.5, 0.6) is 0 Å². The number of pyridine rings is 1. The lowest BCUT2D eigenvalue weighted by Crippen LogP contribution is -2.32. The zero-order chi connectivity index (χ0) is 16.1. The molecule has 1 atom stereocenters. The van der Waals surface area contributed by atoms with Gasteiger partial charge in [-0.1, -0.05) is 22.9 Å². The van der Waals surface area contributed by atoms with Crippen molar-refractivity contribution in [2.24, 2.45) is 0 Å². The monoisotopic (exact) mass is 361 g/mol. The highest BCUT2D eigenvalue weighted by molar-refractivity contribution is 9.10. The number of hydrogen-bond acceptors (Lipinski definition) is 3. The van der Waals surface area contributed by atoms with E-state index in [4.69, 9.17) is 0 Å². The predicted molar refractivity (Wildman–Crippen MR) is 93.6 cm³/mol. The summed E-state index contributed by atoms with van der Waals surface area (Å²) in [5.41, 5.74) is 3.42. The number of nitrogens with one attached hydrogen (secondary N) is 2. The zero-order valence-corrected chi connectivity index (χ0v) is 14.6. The fourth-order valence-electron chi connectivity index (χ4n) is 1.89. The summed E-state index contributed by atoms with van der Waals surface area (Å²) in [6.45, 7) is 6.05. The molecule has 1 unspecified atom stereocenters. The maximum absolute atomic E-state index is 12.0. The van der Waals surface area contributed by atoms with Crippen LogP contribution >= 0.6 is 15.9 Å². The molecule has 1 aromatic heterocycles. The van der Waals surface area contributed by atoms with Crippen LogP contribution < -0.4 is 10.6 Å². The maximum Gasteiger partial charge on any atom is 0.270 e. The lowest BCUT2D eigenvalue weighted by atomic mass is 10.2. The number of rotatable bonds is 5. The highest BCUT2D eigenvalue weighted by atomic mass is 79.9. The van der Waals surface area contributed by atoms with E-state index in [1.165, 1.54) is 0 Å².